The normalized spacial score (nSPS) is 13.6. The number of aldehydes is 2. The molecule has 12 rings (SSSR count). The fourth-order valence-electron chi connectivity index (χ4n) is 10.3. The van der Waals surface area contributed by atoms with Gasteiger partial charge in [-0.25, -0.2) is 9.69 Å². The number of phenols is 1. The van der Waals surface area contributed by atoms with Crippen LogP contribution in [0.25, 0.3) is 6.08 Å². The van der Waals surface area contributed by atoms with Gasteiger partial charge in [0.05, 0.1) is 42.0 Å². The molecular formula is C80H69Cl5N4O15. The topological polar surface area (TPSA) is 253 Å². The molecule has 104 heavy (non-hydrogen) atoms. The van der Waals surface area contributed by atoms with Gasteiger partial charge in [0, 0.05) is 47.4 Å². The van der Waals surface area contributed by atoms with Crippen LogP contribution in [0.1, 0.15) is 89.9 Å². The lowest BCUT2D eigenvalue weighted by Gasteiger charge is -2.22. The summed E-state index contributed by atoms with van der Waals surface area (Å²) in [5.74, 6) is 0.989. The van der Waals surface area contributed by atoms with Gasteiger partial charge >= 0.3 is 6.09 Å². The summed E-state index contributed by atoms with van der Waals surface area (Å²) in [7, 11) is 0. The zero-order valence-corrected chi connectivity index (χ0v) is 59.4. The number of hydrogen-bond donors (Lipinski definition) is 2. The molecule has 2 aliphatic heterocycles. The van der Waals surface area contributed by atoms with Crippen LogP contribution in [-0.2, 0) is 47.2 Å². The Morgan fingerprint density at radius 1 is 0.538 bits per heavy atom. The molecule has 2 fully saturated rings. The molecule has 3 amide bonds. The first kappa shape index (κ1) is 78.7. The third-order valence-corrected chi connectivity index (χ3v) is 17.2. The van der Waals surface area contributed by atoms with Gasteiger partial charge in [0.1, 0.15) is 74.4 Å². The number of halogens is 5. The number of benzene rings is 10. The summed E-state index contributed by atoms with van der Waals surface area (Å²) in [4.78, 5) is 79.5. The highest BCUT2D eigenvalue weighted by molar-refractivity contribution is 6.33. The highest BCUT2D eigenvalue weighted by Crippen LogP contribution is 2.35. The van der Waals surface area contributed by atoms with Crippen LogP contribution in [0, 0.1) is 20.2 Å². The predicted molar refractivity (Wildman–Crippen MR) is 401 cm³/mol. The van der Waals surface area contributed by atoms with E-state index in [2.05, 4.69) is 5.32 Å². The van der Waals surface area contributed by atoms with Crippen molar-refractivity contribution in [2.75, 3.05) is 19.7 Å². The number of phenolic OH excluding ortho intramolecular Hbond substituents is 1. The van der Waals surface area contributed by atoms with Crippen molar-refractivity contribution < 1.29 is 62.6 Å². The van der Waals surface area contributed by atoms with Gasteiger partial charge in [-0.2, -0.15) is 0 Å². The lowest BCUT2D eigenvalue weighted by Crippen LogP contribution is -2.41. The number of cyclic esters (lactones) is 1. The Morgan fingerprint density at radius 3 is 1.39 bits per heavy atom. The molecule has 2 N–H and O–H groups in total. The van der Waals surface area contributed by atoms with Crippen molar-refractivity contribution in [1.29, 1.82) is 0 Å². The quantitative estimate of drug-likeness (QED) is 0.0324. The van der Waals surface area contributed by atoms with Gasteiger partial charge in [0.25, 0.3) is 0 Å². The largest absolute Gasteiger partial charge is 0.506 e. The zero-order chi connectivity index (χ0) is 74.2. The smallest absolute Gasteiger partial charge is 0.416 e. The number of rotatable bonds is 24. The van der Waals surface area contributed by atoms with E-state index < -0.39 is 40.4 Å². The summed E-state index contributed by atoms with van der Waals surface area (Å²) in [5, 5.41) is 35.7. The maximum Gasteiger partial charge on any atom is 0.416 e. The number of imide groups is 1. The monoisotopic (exact) mass is 1500 g/mol. The maximum absolute atomic E-state index is 13.2. The summed E-state index contributed by atoms with van der Waals surface area (Å²) >= 11 is 30.0. The second kappa shape index (κ2) is 41.1. The summed E-state index contributed by atoms with van der Waals surface area (Å²) in [6, 6.07) is 72.8. The summed E-state index contributed by atoms with van der Waals surface area (Å²) in [5.41, 5.74) is 8.31. The Labute approximate surface area is 625 Å². The van der Waals surface area contributed by atoms with Crippen molar-refractivity contribution >= 4 is 94.6 Å². The number of nitrogens with zero attached hydrogens (tertiary/aromatic N) is 3. The summed E-state index contributed by atoms with van der Waals surface area (Å²) in [6.07, 6.45) is 3.69. The lowest BCUT2D eigenvalue weighted by molar-refractivity contribution is -0.483. The number of amides is 3. The van der Waals surface area contributed by atoms with Gasteiger partial charge in [-0.05, 0) is 124 Å². The van der Waals surface area contributed by atoms with Crippen LogP contribution in [0.4, 0.5) is 4.79 Å². The molecule has 0 spiro atoms. The van der Waals surface area contributed by atoms with Crippen molar-refractivity contribution in [3.05, 3.63) is 350 Å². The Balaban J connectivity index is 0.000000174. The van der Waals surface area contributed by atoms with Gasteiger partial charge in [0.2, 0.25) is 24.6 Å². The van der Waals surface area contributed by atoms with E-state index in [1.165, 1.54) is 24.3 Å². The van der Waals surface area contributed by atoms with Crippen LogP contribution < -0.4 is 24.3 Å². The maximum atomic E-state index is 13.2. The average molecular weight is 1500 g/mol. The van der Waals surface area contributed by atoms with Gasteiger partial charge in [-0.3, -0.25) is 39.4 Å². The first-order valence-corrected chi connectivity index (χ1v) is 34.2. The van der Waals surface area contributed by atoms with E-state index in [0.29, 0.717) is 111 Å². The SMILES string of the molecule is O=C(C[C@@H](C[N+](=O)[O-])c1ccc(Cl)c(OCc2ccccc2)c1)N1C(=O)OC[C@H]1Cc1ccccc1.O=C1C[C@H](c2ccc(Cl)c(OCc3ccccc3)c2)CN1.O=Cc1ccc(Cl)c(O)c1.O=Cc1ccc(Cl)c(OCc2ccccc2)c1.O=[N+]([O-])/C=C/c1ccc(Cl)c(OCc2ccccc2)c1. The molecule has 2 aliphatic rings. The molecule has 10 aromatic carbocycles. The van der Waals surface area contributed by atoms with E-state index in [-0.39, 0.29) is 42.2 Å². The van der Waals surface area contributed by atoms with Crippen LogP contribution >= 0.6 is 58.0 Å². The van der Waals surface area contributed by atoms with Crippen LogP contribution in [0.3, 0.4) is 0 Å². The highest BCUT2D eigenvalue weighted by atomic mass is 35.5. The Bertz CT molecular complexity index is 4530. The van der Waals surface area contributed by atoms with E-state index in [0.717, 1.165) is 50.8 Å². The summed E-state index contributed by atoms with van der Waals surface area (Å²) in [6.45, 7) is 1.84. The molecule has 2 saturated heterocycles. The molecule has 3 atom stereocenters. The van der Waals surface area contributed by atoms with Crippen LogP contribution in [0.5, 0.6) is 28.7 Å². The molecule has 534 valence electrons. The fraction of sp³-hybridized carbons (Fsp3) is 0.163. The molecule has 0 unspecified atom stereocenters. The number of nitro groups is 2. The van der Waals surface area contributed by atoms with E-state index in [4.69, 9.17) is 86.8 Å². The molecule has 0 aromatic heterocycles. The van der Waals surface area contributed by atoms with Gasteiger partial charge < -0.3 is 34.1 Å². The molecule has 0 saturated carbocycles. The number of ether oxygens (including phenoxy) is 5. The Kier molecular flexibility index (Phi) is 31.1. The van der Waals surface area contributed by atoms with Crippen molar-refractivity contribution in [3.8, 4) is 28.7 Å². The average Bonchev–Trinajstić information content (AvgIpc) is 1.54. The van der Waals surface area contributed by atoms with Gasteiger partial charge in [0.15, 0.2) is 0 Å². The van der Waals surface area contributed by atoms with Crippen LogP contribution in [0.2, 0.25) is 25.1 Å². The predicted octanol–water partition coefficient (Wildman–Crippen LogP) is 18.5. The molecule has 0 aliphatic carbocycles. The molecule has 19 nitrogen and oxygen atoms in total. The van der Waals surface area contributed by atoms with Crippen molar-refractivity contribution in [3.63, 3.8) is 0 Å². The molecular weight excluding hydrogens is 1430 g/mol. The number of carbonyl (C=O) groups is 5. The zero-order valence-electron chi connectivity index (χ0n) is 55.6. The lowest BCUT2D eigenvalue weighted by atomic mass is 9.94. The fourth-order valence-corrected chi connectivity index (χ4v) is 11.1. The van der Waals surface area contributed by atoms with Crippen molar-refractivity contribution in [1.82, 2.24) is 10.2 Å². The molecule has 24 heteroatoms. The minimum absolute atomic E-state index is 0.0636. The van der Waals surface area contributed by atoms with Crippen molar-refractivity contribution in [2.45, 2.75) is 63.6 Å². The number of aromatic hydroxyl groups is 1. The molecule has 10 aromatic rings. The molecule has 0 radical (unpaired) electrons. The van der Waals surface area contributed by atoms with Gasteiger partial charge in [-0.1, -0.05) is 228 Å². The van der Waals surface area contributed by atoms with E-state index in [1.807, 2.05) is 170 Å². The Morgan fingerprint density at radius 2 is 0.952 bits per heavy atom. The van der Waals surface area contributed by atoms with E-state index >= 15 is 0 Å². The molecule has 2 heterocycles. The number of nitrogens with one attached hydrogen (secondary N) is 1. The third kappa shape index (κ3) is 25.8. The standard InChI is InChI=1S/C27H25ClN2O6.C17H16ClNO2.C15H12ClNO3.C14H11ClO2.C7H5ClO2/c28-24-12-11-21(14-25(24)35-17-20-9-5-2-6-10-20)22(16-29(33)34)15-26(31)30-23(18-36-27(30)32)13-19-7-3-1-4-8-19;18-15-7-6-13(14-9-17(20)19-10-14)8-16(15)21-11-12-4-2-1-3-5-12;16-14-7-6-12(8-9-17(18)19)10-15(14)20-11-13-4-2-1-3-5-13;15-13-7-6-12(9-16)8-14(13)17-10-11-4-2-1-3-5-11;8-6-2-1-5(4-9)3-7(6)10/h1-12,14,22-23H,13,15-18H2;1-8,14H,9-11H2,(H,19,20);1-10H,11H2;1-9H,10H2;1-4,10H/b;;9-8+;;/t22-,23+;14-;;;/m00.../s1. The van der Waals surface area contributed by atoms with Gasteiger partial charge in [-0.15, -0.1) is 0 Å². The highest BCUT2D eigenvalue weighted by Gasteiger charge is 2.39. The second-order valence-corrected chi connectivity index (χ2v) is 25.2. The first-order chi connectivity index (χ1) is 50.3. The first-order valence-electron chi connectivity index (χ1n) is 32.3. The van der Waals surface area contributed by atoms with E-state index in [9.17, 15) is 44.2 Å². The van der Waals surface area contributed by atoms with Crippen LogP contribution in [-0.4, -0.2) is 76.1 Å². The summed E-state index contributed by atoms with van der Waals surface area (Å²) < 4.78 is 28.0. The molecule has 0 bridgehead atoms. The second-order valence-electron chi connectivity index (χ2n) is 23.2. The minimum atomic E-state index is -0.783. The van der Waals surface area contributed by atoms with Crippen LogP contribution in [0.15, 0.2) is 249 Å². The van der Waals surface area contributed by atoms with E-state index in [1.54, 1.807) is 54.6 Å². The Hall–Kier alpha value is -11.1. The van der Waals surface area contributed by atoms with Crippen molar-refractivity contribution in [2.24, 2.45) is 0 Å². The minimum Gasteiger partial charge on any atom is -0.506 e. The number of carbonyl (C=O) groups excluding carboxylic acids is 5. The third-order valence-electron chi connectivity index (χ3n) is 15.7. The number of hydrogen-bond acceptors (Lipinski definition) is 15.